The third kappa shape index (κ3) is 4.31. The van der Waals surface area contributed by atoms with Gasteiger partial charge in [-0.05, 0) is 33.1 Å². The molecule has 0 aromatic rings. The van der Waals surface area contributed by atoms with E-state index in [4.69, 9.17) is 0 Å². The molecular weight excluding hydrogens is 224 g/mol. The van der Waals surface area contributed by atoms with E-state index in [0.717, 1.165) is 25.6 Å². The van der Waals surface area contributed by atoms with Crippen molar-refractivity contribution in [3.8, 4) is 0 Å². The van der Waals surface area contributed by atoms with Crippen LogP contribution in [0.4, 0.5) is 0 Å². The lowest BCUT2D eigenvalue weighted by atomic mass is 10.1. The van der Waals surface area contributed by atoms with Crippen LogP contribution in [0.15, 0.2) is 9.98 Å². The van der Waals surface area contributed by atoms with Crippen LogP contribution in [0.5, 0.6) is 0 Å². The molecule has 0 aromatic carbocycles. The van der Waals surface area contributed by atoms with E-state index < -0.39 is 0 Å². The molecule has 4 nitrogen and oxygen atoms in total. The Morgan fingerprint density at radius 2 is 1.72 bits per heavy atom. The minimum atomic E-state index is 0.683. The van der Waals surface area contributed by atoms with Crippen molar-refractivity contribution in [2.45, 2.75) is 40.2 Å². The molecule has 0 N–H and O–H groups in total. The Balaban J connectivity index is 0.000000180. The van der Waals surface area contributed by atoms with Crippen molar-refractivity contribution < 1.29 is 0 Å². The monoisotopic (exact) mass is 252 g/mol. The highest BCUT2D eigenvalue weighted by Crippen LogP contribution is 2.07. The molecule has 2 aliphatic rings. The molecule has 0 radical (unpaired) electrons. The summed E-state index contributed by atoms with van der Waals surface area (Å²) >= 11 is 0. The number of nitrogens with zero attached hydrogens (tertiary/aromatic N) is 4. The Labute approximate surface area is 112 Å². The van der Waals surface area contributed by atoms with Crippen LogP contribution in [0.2, 0.25) is 0 Å². The van der Waals surface area contributed by atoms with Crippen LogP contribution in [0.3, 0.4) is 0 Å². The van der Waals surface area contributed by atoms with Crippen LogP contribution in [0.1, 0.15) is 34.1 Å². The molecule has 0 fully saturated rings. The van der Waals surface area contributed by atoms with Gasteiger partial charge in [0.15, 0.2) is 0 Å². The first-order valence-corrected chi connectivity index (χ1v) is 6.88. The van der Waals surface area contributed by atoms with Crippen LogP contribution in [0.25, 0.3) is 0 Å². The van der Waals surface area contributed by atoms with Crippen molar-refractivity contribution in [3.63, 3.8) is 0 Å². The fourth-order valence-electron chi connectivity index (χ4n) is 2.10. The first-order valence-electron chi connectivity index (χ1n) is 6.88. The molecule has 0 bridgehead atoms. The van der Waals surface area contributed by atoms with E-state index in [9.17, 15) is 0 Å². The molecule has 2 unspecified atom stereocenters. The summed E-state index contributed by atoms with van der Waals surface area (Å²) in [6.07, 6.45) is 1.20. The van der Waals surface area contributed by atoms with Crippen LogP contribution < -0.4 is 0 Å². The average molecular weight is 252 g/mol. The first-order chi connectivity index (χ1) is 8.41. The molecular formula is C14H28N4. The molecule has 2 heterocycles. The lowest BCUT2D eigenvalue weighted by Gasteiger charge is -2.29. The predicted molar refractivity (Wildman–Crippen MR) is 79.6 cm³/mol. The highest BCUT2D eigenvalue weighted by molar-refractivity contribution is 5.80. The maximum atomic E-state index is 4.33. The number of rotatable bonds is 0. The normalized spacial score (nSPS) is 28.1. The van der Waals surface area contributed by atoms with Crippen molar-refractivity contribution >= 4 is 11.7 Å². The summed E-state index contributed by atoms with van der Waals surface area (Å²) in [5.74, 6) is 3.08. The lowest BCUT2D eigenvalue weighted by molar-refractivity contribution is 0.352. The Hall–Kier alpha value is -1.06. The first kappa shape index (κ1) is 15.0. The maximum Gasteiger partial charge on any atom is 0.0957 e. The third-order valence-corrected chi connectivity index (χ3v) is 3.83. The van der Waals surface area contributed by atoms with Gasteiger partial charge < -0.3 is 9.80 Å². The standard InChI is InChI=1S/2C7H14N2/c1-6-4-8-7(2)9(3)5-6;1-6-4-5-8-7(2)9(6)3/h2*6H,4-5H2,1-3H3. The van der Waals surface area contributed by atoms with E-state index in [1.165, 1.54) is 18.1 Å². The number of hydrogen-bond donors (Lipinski definition) is 0. The summed E-state index contributed by atoms with van der Waals surface area (Å²) in [5.41, 5.74) is 0. The largest absolute Gasteiger partial charge is 0.363 e. The predicted octanol–water partition coefficient (Wildman–Crippen LogP) is 2.12. The Bertz CT molecular complexity index is 322. The van der Waals surface area contributed by atoms with Crippen molar-refractivity contribution in [2.75, 3.05) is 33.7 Å². The van der Waals surface area contributed by atoms with Gasteiger partial charge in [0, 0.05) is 39.8 Å². The third-order valence-electron chi connectivity index (χ3n) is 3.83. The summed E-state index contributed by atoms with van der Waals surface area (Å²) in [5, 5.41) is 0. The second-order valence-corrected chi connectivity index (χ2v) is 5.55. The lowest BCUT2D eigenvalue weighted by Crippen LogP contribution is -2.37. The molecule has 0 amide bonds. The molecule has 0 aromatic heterocycles. The summed E-state index contributed by atoms with van der Waals surface area (Å²) < 4.78 is 0. The molecule has 0 saturated heterocycles. The molecule has 0 spiro atoms. The van der Waals surface area contributed by atoms with Gasteiger partial charge in [-0.15, -0.1) is 0 Å². The molecule has 18 heavy (non-hydrogen) atoms. The smallest absolute Gasteiger partial charge is 0.0957 e. The Morgan fingerprint density at radius 1 is 1.06 bits per heavy atom. The maximum absolute atomic E-state index is 4.33. The molecule has 2 aliphatic heterocycles. The van der Waals surface area contributed by atoms with Gasteiger partial charge in [0.2, 0.25) is 0 Å². The molecule has 104 valence electrons. The second-order valence-electron chi connectivity index (χ2n) is 5.55. The zero-order valence-corrected chi connectivity index (χ0v) is 12.8. The molecule has 0 saturated carbocycles. The second kappa shape index (κ2) is 6.76. The Morgan fingerprint density at radius 3 is 2.17 bits per heavy atom. The van der Waals surface area contributed by atoms with Crippen LogP contribution in [-0.2, 0) is 0 Å². The van der Waals surface area contributed by atoms with Gasteiger partial charge in [0.1, 0.15) is 0 Å². The summed E-state index contributed by atoms with van der Waals surface area (Å²) in [4.78, 5) is 13.1. The van der Waals surface area contributed by atoms with Crippen molar-refractivity contribution in [1.82, 2.24) is 9.80 Å². The van der Waals surface area contributed by atoms with Gasteiger partial charge >= 0.3 is 0 Å². The Kier molecular flexibility index (Phi) is 5.63. The highest BCUT2D eigenvalue weighted by Gasteiger charge is 2.13. The number of amidine groups is 2. The SMILES string of the molecule is CC1=NCC(C)CN1C.CC1=NCCC(C)N1C. The fraction of sp³-hybridized carbons (Fsp3) is 0.857. The van der Waals surface area contributed by atoms with Crippen molar-refractivity contribution in [1.29, 1.82) is 0 Å². The van der Waals surface area contributed by atoms with E-state index >= 15 is 0 Å². The quantitative estimate of drug-likeness (QED) is 0.661. The fourth-order valence-corrected chi connectivity index (χ4v) is 2.10. The van der Waals surface area contributed by atoms with Crippen LogP contribution in [-0.4, -0.2) is 61.2 Å². The van der Waals surface area contributed by atoms with Crippen molar-refractivity contribution in [3.05, 3.63) is 0 Å². The van der Waals surface area contributed by atoms with Gasteiger partial charge in [0.25, 0.3) is 0 Å². The summed E-state index contributed by atoms with van der Waals surface area (Å²) in [6, 6.07) is 0.683. The van der Waals surface area contributed by atoms with Gasteiger partial charge in [0.05, 0.1) is 11.7 Å². The molecule has 2 rings (SSSR count). The number of hydrogen-bond acceptors (Lipinski definition) is 4. The minimum Gasteiger partial charge on any atom is -0.363 e. The minimum absolute atomic E-state index is 0.683. The van der Waals surface area contributed by atoms with Crippen molar-refractivity contribution in [2.24, 2.45) is 15.9 Å². The zero-order valence-electron chi connectivity index (χ0n) is 12.8. The van der Waals surface area contributed by atoms with Gasteiger partial charge in [-0.3, -0.25) is 9.98 Å². The summed E-state index contributed by atoms with van der Waals surface area (Å²) in [6.45, 7) is 11.8. The topological polar surface area (TPSA) is 31.2 Å². The van der Waals surface area contributed by atoms with Gasteiger partial charge in [-0.2, -0.15) is 0 Å². The van der Waals surface area contributed by atoms with Gasteiger partial charge in [-0.1, -0.05) is 6.92 Å². The summed E-state index contributed by atoms with van der Waals surface area (Å²) in [7, 11) is 4.19. The molecule has 0 aliphatic carbocycles. The zero-order chi connectivity index (χ0) is 13.7. The highest BCUT2D eigenvalue weighted by atomic mass is 15.2. The van der Waals surface area contributed by atoms with Crippen LogP contribution >= 0.6 is 0 Å². The molecule has 2 atom stereocenters. The van der Waals surface area contributed by atoms with E-state index in [2.05, 4.69) is 61.6 Å². The van der Waals surface area contributed by atoms with E-state index in [0.29, 0.717) is 6.04 Å². The molecule has 4 heteroatoms. The van der Waals surface area contributed by atoms with E-state index in [1.54, 1.807) is 0 Å². The van der Waals surface area contributed by atoms with E-state index in [1.807, 2.05) is 0 Å². The van der Waals surface area contributed by atoms with E-state index in [-0.39, 0.29) is 0 Å². The van der Waals surface area contributed by atoms with Crippen LogP contribution in [0, 0.1) is 5.92 Å². The average Bonchev–Trinajstić information content (AvgIpc) is 2.32. The van der Waals surface area contributed by atoms with Gasteiger partial charge in [-0.25, -0.2) is 0 Å². The number of aliphatic imine (C=N–C) groups is 2.